The van der Waals surface area contributed by atoms with Crippen LogP contribution < -0.4 is 0 Å². The topological polar surface area (TPSA) is 40.5 Å². The van der Waals surface area contributed by atoms with Crippen LogP contribution in [0.25, 0.3) is 0 Å². The van der Waals surface area contributed by atoms with Gasteiger partial charge in [-0.25, -0.2) is 0 Å². The fourth-order valence-corrected chi connectivity index (χ4v) is 1.74. The van der Waals surface area contributed by atoms with E-state index in [0.717, 1.165) is 6.42 Å². The van der Waals surface area contributed by atoms with Crippen LogP contribution in [0.15, 0.2) is 40.5 Å². The van der Waals surface area contributed by atoms with E-state index in [9.17, 15) is 10.2 Å². The Kier molecular flexibility index (Phi) is 5.28. The number of benzene rings is 1. The first kappa shape index (κ1) is 12.7. The summed E-state index contributed by atoms with van der Waals surface area (Å²) in [5.74, 6) is 0. The number of aliphatic hydroxyl groups is 2. The number of hydrogen-bond acceptors (Lipinski definition) is 2. The van der Waals surface area contributed by atoms with Crippen molar-refractivity contribution in [3.63, 3.8) is 0 Å². The molecule has 0 heterocycles. The second-order valence-electron chi connectivity index (χ2n) is 3.48. The van der Waals surface area contributed by atoms with Crippen molar-refractivity contribution >= 4 is 22.6 Å². The fraction of sp³-hybridized carbons (Fsp3) is 0.333. The van der Waals surface area contributed by atoms with E-state index >= 15 is 0 Å². The van der Waals surface area contributed by atoms with E-state index in [1.54, 1.807) is 0 Å². The van der Waals surface area contributed by atoms with E-state index in [-0.39, 0.29) is 0 Å². The van der Waals surface area contributed by atoms with E-state index < -0.39 is 12.2 Å². The Morgan fingerprint density at radius 1 is 1.27 bits per heavy atom. The molecule has 0 radical (unpaired) electrons. The smallest absolute Gasteiger partial charge is 0.110 e. The van der Waals surface area contributed by atoms with Gasteiger partial charge < -0.3 is 10.2 Å². The predicted molar refractivity (Wildman–Crippen MR) is 69.9 cm³/mol. The summed E-state index contributed by atoms with van der Waals surface area (Å²) in [5, 5.41) is 19.1. The third-order valence-corrected chi connectivity index (χ3v) is 2.90. The first-order valence-corrected chi connectivity index (χ1v) is 5.93. The van der Waals surface area contributed by atoms with Gasteiger partial charge in [-0.05, 0) is 41.0 Å². The minimum atomic E-state index is -0.825. The van der Waals surface area contributed by atoms with Crippen LogP contribution in [0.3, 0.4) is 0 Å². The van der Waals surface area contributed by atoms with E-state index in [2.05, 4.69) is 6.58 Å². The minimum Gasteiger partial charge on any atom is -0.390 e. The van der Waals surface area contributed by atoms with E-state index in [4.69, 9.17) is 0 Å². The molecule has 0 aliphatic heterocycles. The van der Waals surface area contributed by atoms with Gasteiger partial charge in [0.1, 0.15) is 6.10 Å². The Bertz CT molecular complexity index is 311. The Labute approximate surface area is 104 Å². The van der Waals surface area contributed by atoms with Gasteiger partial charge in [0, 0.05) is 3.58 Å². The monoisotopic (exact) mass is 318 g/mol. The molecule has 2 nitrogen and oxygen atoms in total. The molecule has 0 fully saturated rings. The molecule has 0 amide bonds. The first-order chi connectivity index (χ1) is 7.11. The molecule has 2 atom stereocenters. The second kappa shape index (κ2) is 6.25. The number of hydrogen-bond donors (Lipinski definition) is 2. The van der Waals surface area contributed by atoms with Gasteiger partial charge >= 0.3 is 0 Å². The van der Waals surface area contributed by atoms with Crippen LogP contribution in [0.1, 0.15) is 12.0 Å². The van der Waals surface area contributed by atoms with Crippen LogP contribution in [0.5, 0.6) is 0 Å². The molecule has 15 heavy (non-hydrogen) atoms. The molecule has 0 saturated carbocycles. The van der Waals surface area contributed by atoms with Crippen molar-refractivity contribution in [1.29, 1.82) is 0 Å². The first-order valence-electron chi connectivity index (χ1n) is 4.85. The lowest BCUT2D eigenvalue weighted by Gasteiger charge is -2.16. The van der Waals surface area contributed by atoms with Gasteiger partial charge in [0.25, 0.3) is 0 Å². The summed E-state index contributed by atoms with van der Waals surface area (Å²) < 4.78 is 0.577. The second-order valence-corrected chi connectivity index (χ2v) is 4.87. The Hall–Kier alpha value is -0.390. The number of halogens is 1. The number of rotatable bonds is 5. The molecule has 0 aromatic heterocycles. The maximum absolute atomic E-state index is 9.63. The highest BCUT2D eigenvalue weighted by Gasteiger charge is 2.17. The van der Waals surface area contributed by atoms with Crippen molar-refractivity contribution in [2.24, 2.45) is 0 Å². The molecule has 0 aliphatic rings. The van der Waals surface area contributed by atoms with Gasteiger partial charge in [-0.3, -0.25) is 0 Å². The van der Waals surface area contributed by atoms with Crippen molar-refractivity contribution < 1.29 is 10.2 Å². The molecule has 0 saturated heterocycles. The van der Waals surface area contributed by atoms with Gasteiger partial charge in [-0.15, -0.1) is 0 Å². The molecular weight excluding hydrogens is 303 g/mol. The summed E-state index contributed by atoms with van der Waals surface area (Å²) in [7, 11) is 0. The molecule has 3 heteroatoms. The molecule has 1 aromatic carbocycles. The zero-order valence-electron chi connectivity index (χ0n) is 8.44. The van der Waals surface area contributed by atoms with Gasteiger partial charge in [-0.2, -0.15) is 0 Å². The average molecular weight is 318 g/mol. The largest absolute Gasteiger partial charge is 0.390 e. The highest BCUT2D eigenvalue weighted by atomic mass is 127. The SMILES string of the molecule is C=C(I)[C@H](O)[C@@H](O)CCc1ccccc1. The van der Waals surface area contributed by atoms with E-state index in [1.165, 1.54) is 5.56 Å². The number of aryl methyl sites for hydroxylation is 1. The van der Waals surface area contributed by atoms with Crippen molar-refractivity contribution in [1.82, 2.24) is 0 Å². The zero-order chi connectivity index (χ0) is 11.3. The quantitative estimate of drug-likeness (QED) is 0.818. The maximum atomic E-state index is 9.63. The van der Waals surface area contributed by atoms with Crippen LogP contribution in [0.2, 0.25) is 0 Å². The molecule has 1 rings (SSSR count). The molecule has 2 N–H and O–H groups in total. The minimum absolute atomic E-state index is 0.549. The summed E-state index contributed by atoms with van der Waals surface area (Å²) in [4.78, 5) is 0. The van der Waals surface area contributed by atoms with Gasteiger partial charge in [0.05, 0.1) is 6.10 Å². The highest BCUT2D eigenvalue weighted by molar-refractivity contribution is 14.1. The maximum Gasteiger partial charge on any atom is 0.110 e. The third-order valence-electron chi connectivity index (χ3n) is 2.26. The Balaban J connectivity index is 2.41. The van der Waals surface area contributed by atoms with Crippen molar-refractivity contribution in [2.75, 3.05) is 0 Å². The molecular formula is C12H15IO2. The van der Waals surface area contributed by atoms with Crippen LogP contribution in [0, 0.1) is 0 Å². The predicted octanol–water partition coefficient (Wildman–Crippen LogP) is 2.29. The molecule has 0 spiro atoms. The Morgan fingerprint density at radius 2 is 1.87 bits per heavy atom. The van der Waals surface area contributed by atoms with Crippen molar-refractivity contribution in [3.05, 3.63) is 46.1 Å². The average Bonchev–Trinajstić information content (AvgIpc) is 2.26. The summed E-state index contributed by atoms with van der Waals surface area (Å²) in [6.07, 6.45) is -0.236. The summed E-state index contributed by atoms with van der Waals surface area (Å²) >= 11 is 1.93. The molecule has 0 unspecified atom stereocenters. The zero-order valence-corrected chi connectivity index (χ0v) is 10.6. The molecule has 0 aliphatic carbocycles. The van der Waals surface area contributed by atoms with Crippen molar-refractivity contribution in [2.45, 2.75) is 25.0 Å². The van der Waals surface area contributed by atoms with Crippen LogP contribution in [0.4, 0.5) is 0 Å². The summed E-state index contributed by atoms with van der Waals surface area (Å²) in [5.41, 5.74) is 1.17. The number of aliphatic hydroxyl groups excluding tert-OH is 2. The van der Waals surface area contributed by atoms with Gasteiger partial charge in [-0.1, -0.05) is 36.9 Å². The molecule has 82 valence electrons. The summed E-state index contributed by atoms with van der Waals surface area (Å²) in [6.45, 7) is 3.61. The Morgan fingerprint density at radius 3 is 2.40 bits per heavy atom. The van der Waals surface area contributed by atoms with Gasteiger partial charge in [0.2, 0.25) is 0 Å². The lowest BCUT2D eigenvalue weighted by atomic mass is 10.0. The normalized spacial score (nSPS) is 14.6. The van der Waals surface area contributed by atoms with Crippen LogP contribution in [-0.2, 0) is 6.42 Å². The lowest BCUT2D eigenvalue weighted by Crippen LogP contribution is -2.26. The van der Waals surface area contributed by atoms with E-state index in [1.807, 2.05) is 52.9 Å². The van der Waals surface area contributed by atoms with Crippen molar-refractivity contribution in [3.8, 4) is 0 Å². The van der Waals surface area contributed by atoms with Gasteiger partial charge in [0.15, 0.2) is 0 Å². The lowest BCUT2D eigenvalue weighted by molar-refractivity contribution is 0.0426. The van der Waals surface area contributed by atoms with E-state index in [0.29, 0.717) is 10.0 Å². The standard InChI is InChI=1S/C12H15IO2/c1-9(13)12(15)11(14)8-7-10-5-3-2-4-6-10/h2-6,11-12,14-15H,1,7-8H2/t11-,12-/m0/s1. The summed E-state index contributed by atoms with van der Waals surface area (Å²) in [6, 6.07) is 9.92. The highest BCUT2D eigenvalue weighted by Crippen LogP contribution is 2.15. The molecule has 1 aromatic rings. The fourth-order valence-electron chi connectivity index (χ4n) is 1.33. The van der Waals surface area contributed by atoms with Crippen LogP contribution in [-0.4, -0.2) is 22.4 Å². The molecule has 0 bridgehead atoms. The van der Waals surface area contributed by atoms with Crippen LogP contribution >= 0.6 is 22.6 Å². The third kappa shape index (κ3) is 4.32.